The molecule has 8 nitrogen and oxygen atoms in total. The summed E-state index contributed by atoms with van der Waals surface area (Å²) in [5.41, 5.74) is 0.535. The molecule has 0 aliphatic carbocycles. The highest BCUT2D eigenvalue weighted by atomic mass is 16.6. The highest BCUT2D eigenvalue weighted by Crippen LogP contribution is 2.33. The Balaban J connectivity index is 0.00000256. The van der Waals surface area contributed by atoms with Crippen LogP contribution in [-0.2, 0) is 7.05 Å². The minimum absolute atomic E-state index is 0. The van der Waals surface area contributed by atoms with Crippen molar-refractivity contribution in [3.05, 3.63) is 80.6 Å². The Morgan fingerprint density at radius 2 is 1.57 bits per heavy atom. The Labute approximate surface area is 174 Å². The van der Waals surface area contributed by atoms with Gasteiger partial charge in [-0.15, -0.1) is 0 Å². The summed E-state index contributed by atoms with van der Waals surface area (Å²) in [6, 6.07) is 16.2. The summed E-state index contributed by atoms with van der Waals surface area (Å²) in [5.74, 6) is -0.0615. The predicted octanol–water partition coefficient (Wildman–Crippen LogP) is 3.05. The summed E-state index contributed by atoms with van der Waals surface area (Å²) in [6.07, 6.45) is 0. The van der Waals surface area contributed by atoms with Crippen LogP contribution < -0.4 is 10.5 Å². The third-order valence-corrected chi connectivity index (χ3v) is 5.34. The zero-order valence-corrected chi connectivity index (χ0v) is 15.9. The Kier molecular flexibility index (Phi) is 5.86. The molecule has 0 bridgehead atoms. The maximum atomic E-state index is 12.7. The number of rotatable bonds is 3. The molecule has 0 unspecified atom stereocenters. The summed E-state index contributed by atoms with van der Waals surface area (Å²) >= 11 is 0. The van der Waals surface area contributed by atoms with Crippen molar-refractivity contribution in [3.8, 4) is 0 Å². The van der Waals surface area contributed by atoms with Crippen LogP contribution in [0.2, 0.25) is 0 Å². The normalized spacial score (nSPS) is 13.8. The van der Waals surface area contributed by atoms with E-state index in [4.69, 9.17) is 0 Å². The molecular weight excluding hydrogens is 384 g/mol. The molecule has 0 spiro atoms. The highest BCUT2D eigenvalue weighted by Gasteiger charge is 2.31. The fraction of sp³-hybridized carbons (Fsp3) is 0.273. The van der Waals surface area contributed by atoms with E-state index in [-0.39, 0.29) is 13.3 Å². The summed E-state index contributed by atoms with van der Waals surface area (Å²) in [4.78, 5) is 40.1. The number of para-hydroxylation sites is 1. The standard InChI is InChI=1S/C21H20N4O4.CH4/c1-22-17-10-6-5-9-16(17)18(19(21(22)27)25(28)29)23-11-13-24(14-12-23)20(26)15-7-3-2-4-8-15;/h2-10H,11-14H2,1H3;1H4. The van der Waals surface area contributed by atoms with Crippen LogP contribution in [0.4, 0.5) is 11.4 Å². The number of hydrogen-bond donors (Lipinski definition) is 0. The summed E-state index contributed by atoms with van der Waals surface area (Å²) < 4.78 is 1.31. The van der Waals surface area contributed by atoms with Crippen molar-refractivity contribution >= 4 is 28.2 Å². The molecule has 1 saturated heterocycles. The zero-order valence-electron chi connectivity index (χ0n) is 15.9. The number of piperazine rings is 1. The molecule has 1 aliphatic heterocycles. The summed E-state index contributed by atoms with van der Waals surface area (Å²) in [7, 11) is 1.54. The third kappa shape index (κ3) is 3.52. The number of carbonyl (C=O) groups excluding carboxylic acids is 1. The average Bonchev–Trinajstić information content (AvgIpc) is 2.76. The maximum Gasteiger partial charge on any atom is 0.357 e. The molecular formula is C22H24N4O4. The minimum Gasteiger partial charge on any atom is -0.362 e. The average molecular weight is 408 g/mol. The quantitative estimate of drug-likeness (QED) is 0.491. The lowest BCUT2D eigenvalue weighted by Gasteiger charge is -2.36. The lowest BCUT2D eigenvalue weighted by Crippen LogP contribution is -2.49. The van der Waals surface area contributed by atoms with E-state index in [1.807, 2.05) is 23.1 Å². The van der Waals surface area contributed by atoms with Crippen molar-refractivity contribution in [2.45, 2.75) is 7.43 Å². The first kappa shape index (κ1) is 21.0. The van der Waals surface area contributed by atoms with Crippen LogP contribution in [0.25, 0.3) is 10.9 Å². The van der Waals surface area contributed by atoms with Gasteiger partial charge in [-0.25, -0.2) is 0 Å². The van der Waals surface area contributed by atoms with Crippen LogP contribution in [0.5, 0.6) is 0 Å². The molecule has 1 aromatic heterocycles. The van der Waals surface area contributed by atoms with Gasteiger partial charge in [0.25, 0.3) is 5.91 Å². The zero-order chi connectivity index (χ0) is 20.5. The largest absolute Gasteiger partial charge is 0.362 e. The second-order valence-corrected chi connectivity index (χ2v) is 6.98. The number of nitrogens with zero attached hydrogens (tertiary/aromatic N) is 4. The second kappa shape index (κ2) is 8.36. The molecule has 0 atom stereocenters. The van der Waals surface area contributed by atoms with Gasteiger partial charge in [-0.1, -0.05) is 43.8 Å². The summed E-state index contributed by atoms with van der Waals surface area (Å²) in [6.45, 7) is 1.68. The minimum atomic E-state index is -0.633. The monoisotopic (exact) mass is 408 g/mol. The number of aromatic nitrogens is 1. The first-order valence-electron chi connectivity index (χ1n) is 9.34. The third-order valence-electron chi connectivity index (χ3n) is 5.34. The highest BCUT2D eigenvalue weighted by molar-refractivity contribution is 5.97. The van der Waals surface area contributed by atoms with E-state index in [1.54, 1.807) is 41.3 Å². The molecule has 30 heavy (non-hydrogen) atoms. The Morgan fingerprint density at radius 3 is 2.20 bits per heavy atom. The van der Waals surface area contributed by atoms with Gasteiger partial charge in [0.15, 0.2) is 0 Å². The molecule has 1 fully saturated rings. The number of carbonyl (C=O) groups is 1. The number of nitro groups is 1. The SMILES string of the molecule is C.Cn1c(=O)c([N+](=O)[O-])c(N2CCN(C(=O)c3ccccc3)CC2)c2ccccc21. The Morgan fingerprint density at radius 1 is 0.967 bits per heavy atom. The van der Waals surface area contributed by atoms with E-state index in [1.165, 1.54) is 11.6 Å². The molecule has 3 aromatic rings. The van der Waals surface area contributed by atoms with Gasteiger partial charge in [0, 0.05) is 44.2 Å². The molecule has 0 N–H and O–H groups in total. The number of benzene rings is 2. The van der Waals surface area contributed by atoms with Crippen LogP contribution in [0.15, 0.2) is 59.4 Å². The van der Waals surface area contributed by atoms with E-state index >= 15 is 0 Å². The number of fused-ring (bicyclic) bond motifs is 1. The van der Waals surface area contributed by atoms with Gasteiger partial charge in [-0.2, -0.15) is 0 Å². The molecule has 1 amide bonds. The smallest absolute Gasteiger partial charge is 0.357 e. The van der Waals surface area contributed by atoms with Gasteiger partial charge in [-0.05, 0) is 18.2 Å². The van der Waals surface area contributed by atoms with Gasteiger partial charge in [0.05, 0.1) is 10.4 Å². The maximum absolute atomic E-state index is 12.7. The van der Waals surface area contributed by atoms with E-state index < -0.39 is 16.2 Å². The first-order valence-corrected chi connectivity index (χ1v) is 9.34. The van der Waals surface area contributed by atoms with Crippen molar-refractivity contribution in [2.24, 2.45) is 7.05 Å². The number of pyridine rings is 1. The molecule has 0 saturated carbocycles. The number of hydrogen-bond acceptors (Lipinski definition) is 5. The van der Waals surface area contributed by atoms with Crippen molar-refractivity contribution in [1.82, 2.24) is 9.47 Å². The molecule has 0 radical (unpaired) electrons. The lowest BCUT2D eigenvalue weighted by molar-refractivity contribution is -0.385. The molecule has 2 aromatic carbocycles. The van der Waals surface area contributed by atoms with Crippen molar-refractivity contribution in [3.63, 3.8) is 0 Å². The fourth-order valence-electron chi connectivity index (χ4n) is 3.84. The number of anilines is 1. The van der Waals surface area contributed by atoms with Gasteiger partial charge in [0.1, 0.15) is 5.69 Å². The van der Waals surface area contributed by atoms with Crippen LogP contribution in [0, 0.1) is 10.1 Å². The number of aryl methyl sites for hydroxylation is 1. The second-order valence-electron chi connectivity index (χ2n) is 6.98. The van der Waals surface area contributed by atoms with E-state index in [0.717, 1.165) is 0 Å². The molecule has 156 valence electrons. The van der Waals surface area contributed by atoms with Gasteiger partial charge < -0.3 is 14.4 Å². The van der Waals surface area contributed by atoms with Gasteiger partial charge in [0.2, 0.25) is 0 Å². The predicted molar refractivity (Wildman–Crippen MR) is 117 cm³/mol. The van der Waals surface area contributed by atoms with E-state index in [2.05, 4.69) is 0 Å². The topological polar surface area (TPSA) is 88.7 Å². The van der Waals surface area contributed by atoms with Gasteiger partial charge in [-0.3, -0.25) is 19.7 Å². The Bertz CT molecular complexity index is 1150. The van der Waals surface area contributed by atoms with Crippen LogP contribution >= 0.6 is 0 Å². The van der Waals surface area contributed by atoms with E-state index in [9.17, 15) is 19.7 Å². The van der Waals surface area contributed by atoms with Crippen LogP contribution in [0.1, 0.15) is 17.8 Å². The van der Waals surface area contributed by atoms with Crippen molar-refractivity contribution < 1.29 is 9.72 Å². The van der Waals surface area contributed by atoms with Crippen LogP contribution in [-0.4, -0.2) is 46.5 Å². The fourth-order valence-corrected chi connectivity index (χ4v) is 3.84. The van der Waals surface area contributed by atoms with Gasteiger partial charge >= 0.3 is 11.2 Å². The molecule has 8 heteroatoms. The van der Waals surface area contributed by atoms with E-state index in [0.29, 0.717) is 48.3 Å². The lowest BCUT2D eigenvalue weighted by atomic mass is 10.1. The van der Waals surface area contributed by atoms with Crippen molar-refractivity contribution in [2.75, 3.05) is 31.1 Å². The Hall–Kier alpha value is -3.68. The molecule has 2 heterocycles. The summed E-state index contributed by atoms with van der Waals surface area (Å²) in [5, 5.41) is 12.4. The van der Waals surface area contributed by atoms with Crippen LogP contribution in [0.3, 0.4) is 0 Å². The first-order chi connectivity index (χ1) is 14.0. The van der Waals surface area contributed by atoms with Crippen molar-refractivity contribution in [1.29, 1.82) is 0 Å². The number of amides is 1. The molecule has 4 rings (SSSR count). The molecule has 1 aliphatic rings.